The van der Waals surface area contributed by atoms with E-state index in [0.29, 0.717) is 34.2 Å². The van der Waals surface area contributed by atoms with E-state index < -0.39 is 0 Å². The Hall–Kier alpha value is -5.03. The van der Waals surface area contributed by atoms with Crippen molar-refractivity contribution in [3.8, 4) is 16.5 Å². The van der Waals surface area contributed by atoms with Crippen LogP contribution >= 0.6 is 11.3 Å². The number of carbonyl (C=O) groups is 1. The third-order valence-electron chi connectivity index (χ3n) is 6.51. The van der Waals surface area contributed by atoms with Crippen molar-refractivity contribution in [1.29, 1.82) is 0 Å². The molecule has 0 fully saturated rings. The molecule has 6 rings (SSSR count). The highest BCUT2D eigenvalue weighted by Crippen LogP contribution is 2.36. The predicted octanol–water partition coefficient (Wildman–Crippen LogP) is 6.81. The zero-order valence-electron chi connectivity index (χ0n) is 22.5. The van der Waals surface area contributed by atoms with Crippen molar-refractivity contribution in [2.75, 3.05) is 10.6 Å². The summed E-state index contributed by atoms with van der Waals surface area (Å²) in [6.07, 6.45) is 5.67. The molecule has 0 spiro atoms. The molecule has 4 heterocycles. The molecule has 0 aliphatic rings. The number of nitrogens with zero attached hydrogens (tertiary/aromatic N) is 4. The van der Waals surface area contributed by atoms with Crippen molar-refractivity contribution in [2.45, 2.75) is 33.1 Å². The third-order valence-corrected chi connectivity index (χ3v) is 7.49. The van der Waals surface area contributed by atoms with Crippen LogP contribution < -0.4 is 20.9 Å². The number of amides is 2. The molecule has 2 aromatic carbocycles. The van der Waals surface area contributed by atoms with Gasteiger partial charge in [0.25, 0.3) is 5.56 Å². The van der Waals surface area contributed by atoms with E-state index in [4.69, 9.17) is 9.84 Å². The summed E-state index contributed by atoms with van der Waals surface area (Å²) in [4.78, 5) is 37.1. The van der Waals surface area contributed by atoms with Crippen LogP contribution in [0.15, 0.2) is 77.9 Å². The number of hydrogen-bond donors (Lipinski definition) is 3. The molecule has 0 aliphatic carbocycles. The van der Waals surface area contributed by atoms with Gasteiger partial charge in [0.2, 0.25) is 0 Å². The van der Waals surface area contributed by atoms with Gasteiger partial charge in [0.15, 0.2) is 11.4 Å². The topological polar surface area (TPSA) is 127 Å². The SMILES string of the molecule is CCCCc1cc(NC(=O)Nc2ccc(Oc3ccnc4[nH]c(=O)cnc34)c3ccccc23)n(-c2ccc(C)s2)n1. The van der Waals surface area contributed by atoms with Crippen LogP contribution in [-0.4, -0.2) is 30.8 Å². The summed E-state index contributed by atoms with van der Waals surface area (Å²) in [7, 11) is 0. The minimum atomic E-state index is -0.381. The Bertz CT molecular complexity index is 1940. The van der Waals surface area contributed by atoms with Crippen LogP contribution in [0.3, 0.4) is 0 Å². The van der Waals surface area contributed by atoms with Gasteiger partial charge >= 0.3 is 6.03 Å². The van der Waals surface area contributed by atoms with Gasteiger partial charge in [0.1, 0.15) is 22.1 Å². The molecule has 0 radical (unpaired) electrons. The highest BCUT2D eigenvalue weighted by Gasteiger charge is 2.16. The second-order valence-electron chi connectivity index (χ2n) is 9.51. The summed E-state index contributed by atoms with van der Waals surface area (Å²) >= 11 is 1.62. The number of carbonyl (C=O) groups excluding carboxylic acids is 1. The first-order valence-electron chi connectivity index (χ1n) is 13.3. The maximum absolute atomic E-state index is 13.3. The van der Waals surface area contributed by atoms with Gasteiger partial charge in [0.05, 0.1) is 17.6 Å². The maximum Gasteiger partial charge on any atom is 0.324 e. The van der Waals surface area contributed by atoms with E-state index in [1.807, 2.05) is 49.4 Å². The van der Waals surface area contributed by atoms with E-state index in [1.54, 1.807) is 40.4 Å². The molecule has 0 saturated heterocycles. The van der Waals surface area contributed by atoms with Crippen LogP contribution in [0.2, 0.25) is 0 Å². The van der Waals surface area contributed by atoms with Crippen molar-refractivity contribution in [3.05, 3.63) is 94.0 Å². The molecule has 41 heavy (non-hydrogen) atoms. The van der Waals surface area contributed by atoms with Gasteiger partial charge in [-0.25, -0.2) is 19.4 Å². The van der Waals surface area contributed by atoms with Crippen molar-refractivity contribution < 1.29 is 9.53 Å². The average molecular weight is 566 g/mol. The number of aromatic amines is 1. The summed E-state index contributed by atoms with van der Waals surface area (Å²) in [5.74, 6) is 1.62. The number of urea groups is 1. The van der Waals surface area contributed by atoms with Crippen molar-refractivity contribution in [2.24, 2.45) is 0 Å². The van der Waals surface area contributed by atoms with E-state index in [-0.39, 0.29) is 11.6 Å². The molecule has 0 saturated carbocycles. The number of unbranched alkanes of at least 4 members (excludes halogenated alkanes) is 1. The molecule has 11 heteroatoms. The monoisotopic (exact) mass is 565 g/mol. The summed E-state index contributed by atoms with van der Waals surface area (Å²) in [5, 5.41) is 13.3. The molecule has 206 valence electrons. The number of pyridine rings is 1. The standard InChI is InChI=1S/C30H27N7O3S/c1-3-4-7-19-16-25(37(36-19)27-13-10-18(2)41-27)34-30(39)33-22-11-12-23(21-9-6-5-8-20(21)22)40-24-14-15-31-29-28(24)32-17-26(38)35-29/h5-6,8-17H,3-4,7H2,1-2H3,(H,31,35,38)(H2,33,34,39). The zero-order chi connectivity index (χ0) is 28.3. The summed E-state index contributed by atoms with van der Waals surface area (Å²) in [6, 6.07) is 18.5. The maximum atomic E-state index is 13.3. The van der Waals surface area contributed by atoms with Crippen molar-refractivity contribution in [3.63, 3.8) is 0 Å². The van der Waals surface area contributed by atoms with Gasteiger partial charge in [-0.1, -0.05) is 37.6 Å². The molecule has 2 amide bonds. The second kappa shape index (κ2) is 11.2. The number of benzene rings is 2. The molecular weight excluding hydrogens is 538 g/mol. The lowest BCUT2D eigenvalue weighted by atomic mass is 10.1. The molecule has 0 bridgehead atoms. The fourth-order valence-electron chi connectivity index (χ4n) is 4.57. The van der Waals surface area contributed by atoms with Gasteiger partial charge in [-0.2, -0.15) is 5.10 Å². The van der Waals surface area contributed by atoms with Gasteiger partial charge in [-0.15, -0.1) is 11.3 Å². The van der Waals surface area contributed by atoms with E-state index in [2.05, 4.69) is 32.5 Å². The van der Waals surface area contributed by atoms with Crippen molar-refractivity contribution in [1.82, 2.24) is 24.7 Å². The van der Waals surface area contributed by atoms with Crippen LogP contribution in [0.4, 0.5) is 16.3 Å². The number of rotatable bonds is 8. The first kappa shape index (κ1) is 26.2. The van der Waals surface area contributed by atoms with Crippen LogP contribution in [0.5, 0.6) is 11.5 Å². The third kappa shape index (κ3) is 5.52. The van der Waals surface area contributed by atoms with Crippen LogP contribution in [0, 0.1) is 6.92 Å². The molecular formula is C30H27N7O3S. The van der Waals surface area contributed by atoms with Gasteiger partial charge in [0, 0.05) is 34.0 Å². The lowest BCUT2D eigenvalue weighted by molar-refractivity contribution is 0.262. The van der Waals surface area contributed by atoms with Crippen LogP contribution in [0.1, 0.15) is 30.3 Å². The van der Waals surface area contributed by atoms with E-state index >= 15 is 0 Å². The number of thiophene rings is 1. The number of ether oxygens (including phenoxy) is 1. The van der Waals surface area contributed by atoms with Crippen LogP contribution in [0.25, 0.3) is 26.9 Å². The van der Waals surface area contributed by atoms with Crippen molar-refractivity contribution >= 4 is 50.8 Å². The molecule has 10 nitrogen and oxygen atoms in total. The van der Waals surface area contributed by atoms with Crippen LogP contribution in [-0.2, 0) is 6.42 Å². The summed E-state index contributed by atoms with van der Waals surface area (Å²) in [5.41, 5.74) is 1.99. The minimum absolute atomic E-state index is 0.337. The Labute approximate surface area is 239 Å². The zero-order valence-corrected chi connectivity index (χ0v) is 23.3. The van der Waals surface area contributed by atoms with E-state index in [1.165, 1.54) is 11.1 Å². The molecule has 0 aliphatic heterocycles. The highest BCUT2D eigenvalue weighted by molar-refractivity contribution is 7.14. The molecule has 6 aromatic rings. The number of hydrogen-bond acceptors (Lipinski definition) is 7. The average Bonchev–Trinajstić information content (AvgIpc) is 3.58. The Balaban J connectivity index is 1.28. The summed E-state index contributed by atoms with van der Waals surface area (Å²) < 4.78 is 8.03. The molecule has 4 aromatic heterocycles. The quantitative estimate of drug-likeness (QED) is 0.186. The number of nitrogens with one attached hydrogen (secondary N) is 3. The molecule has 0 unspecified atom stereocenters. The smallest absolute Gasteiger partial charge is 0.324 e. The number of aryl methyl sites for hydroxylation is 2. The number of anilines is 2. The number of aromatic nitrogens is 5. The number of fused-ring (bicyclic) bond motifs is 2. The normalized spacial score (nSPS) is 11.2. The Morgan fingerprint density at radius 2 is 1.88 bits per heavy atom. The Kier molecular flexibility index (Phi) is 7.17. The van der Waals surface area contributed by atoms with Gasteiger partial charge in [-0.05, 0) is 44.0 Å². The fraction of sp³-hybridized carbons (Fsp3) is 0.167. The predicted molar refractivity (Wildman–Crippen MR) is 162 cm³/mol. The lowest BCUT2D eigenvalue weighted by Crippen LogP contribution is -2.21. The molecule has 3 N–H and O–H groups in total. The van der Waals surface area contributed by atoms with E-state index in [9.17, 15) is 9.59 Å². The first-order valence-corrected chi connectivity index (χ1v) is 14.1. The highest BCUT2D eigenvalue weighted by atomic mass is 32.1. The van der Waals surface area contributed by atoms with E-state index in [0.717, 1.165) is 40.7 Å². The largest absolute Gasteiger partial charge is 0.454 e. The number of H-pyrrole nitrogens is 1. The lowest BCUT2D eigenvalue weighted by Gasteiger charge is -2.14. The fourth-order valence-corrected chi connectivity index (χ4v) is 5.40. The van der Waals surface area contributed by atoms with Gasteiger partial charge < -0.3 is 15.0 Å². The van der Waals surface area contributed by atoms with Gasteiger partial charge in [-0.3, -0.25) is 10.1 Å². The summed E-state index contributed by atoms with van der Waals surface area (Å²) in [6.45, 7) is 4.19. The minimum Gasteiger partial charge on any atom is -0.454 e. The molecule has 0 atom stereocenters. The Morgan fingerprint density at radius 1 is 1.02 bits per heavy atom. The Morgan fingerprint density at radius 3 is 2.68 bits per heavy atom. The second-order valence-corrected chi connectivity index (χ2v) is 10.8. The first-order chi connectivity index (χ1) is 20.0.